The molecule has 1 heteroatoms. The number of hydrogen-bond donors (Lipinski definition) is 0. The van der Waals surface area contributed by atoms with Gasteiger partial charge >= 0.3 is 0 Å². The predicted molar refractivity (Wildman–Crippen MR) is 64.6 cm³/mol. The summed E-state index contributed by atoms with van der Waals surface area (Å²) >= 11 is 0. The summed E-state index contributed by atoms with van der Waals surface area (Å²) in [6.45, 7) is 8.91. The minimum absolute atomic E-state index is 0.137. The van der Waals surface area contributed by atoms with Crippen LogP contribution in [0.5, 0.6) is 0 Å². The van der Waals surface area contributed by atoms with E-state index in [1.807, 2.05) is 0 Å². The van der Waals surface area contributed by atoms with Crippen molar-refractivity contribution < 1.29 is 4.39 Å². The normalized spacial score (nSPS) is 35.4. The Morgan fingerprint density at radius 2 is 1.93 bits per heavy atom. The van der Waals surface area contributed by atoms with Crippen molar-refractivity contribution in [2.45, 2.75) is 53.4 Å². The van der Waals surface area contributed by atoms with Gasteiger partial charge in [0.2, 0.25) is 0 Å². The first-order valence-electron chi connectivity index (χ1n) is 6.67. The highest BCUT2D eigenvalue weighted by atomic mass is 19.1. The zero-order valence-corrected chi connectivity index (χ0v) is 10.8. The summed E-state index contributed by atoms with van der Waals surface area (Å²) in [5.41, 5.74) is 0. The molecule has 1 aliphatic carbocycles. The number of rotatable bonds is 5. The molecule has 15 heavy (non-hydrogen) atoms. The van der Waals surface area contributed by atoms with Crippen LogP contribution in [0.2, 0.25) is 0 Å². The van der Waals surface area contributed by atoms with Crippen LogP contribution in [0, 0.1) is 29.6 Å². The van der Waals surface area contributed by atoms with Gasteiger partial charge in [0, 0.05) is 0 Å². The molecule has 0 radical (unpaired) electrons. The van der Waals surface area contributed by atoms with E-state index in [1.54, 1.807) is 0 Å². The fourth-order valence-electron chi connectivity index (χ4n) is 3.38. The molecule has 0 N–H and O–H groups in total. The maximum atomic E-state index is 12.8. The molecule has 0 bridgehead atoms. The van der Waals surface area contributed by atoms with Crippen molar-refractivity contribution in [2.75, 3.05) is 6.67 Å². The van der Waals surface area contributed by atoms with Crippen molar-refractivity contribution >= 4 is 0 Å². The fraction of sp³-hybridized carbons (Fsp3) is 1.00. The lowest BCUT2D eigenvalue weighted by Crippen LogP contribution is -2.26. The Balaban J connectivity index is 2.63. The highest BCUT2D eigenvalue weighted by Crippen LogP contribution is 2.44. The molecule has 0 saturated heterocycles. The summed E-state index contributed by atoms with van der Waals surface area (Å²) < 4.78 is 12.8. The van der Waals surface area contributed by atoms with Gasteiger partial charge in [-0.1, -0.05) is 47.0 Å². The summed E-state index contributed by atoms with van der Waals surface area (Å²) in [5, 5.41) is 0. The third kappa shape index (κ3) is 2.95. The molecule has 0 aromatic heterocycles. The molecule has 0 heterocycles. The fourth-order valence-corrected chi connectivity index (χ4v) is 3.38. The van der Waals surface area contributed by atoms with E-state index in [1.165, 1.54) is 25.7 Å². The molecule has 5 atom stereocenters. The number of alkyl halides is 1. The molecule has 90 valence electrons. The molecular weight excluding hydrogens is 187 g/mol. The minimum Gasteiger partial charge on any atom is -0.251 e. The summed E-state index contributed by atoms with van der Waals surface area (Å²) in [4.78, 5) is 0. The van der Waals surface area contributed by atoms with Crippen molar-refractivity contribution in [3.05, 3.63) is 0 Å². The Morgan fingerprint density at radius 1 is 1.27 bits per heavy atom. The quantitative estimate of drug-likeness (QED) is 0.623. The van der Waals surface area contributed by atoms with E-state index in [4.69, 9.17) is 0 Å². The van der Waals surface area contributed by atoms with Gasteiger partial charge in [-0.3, -0.25) is 4.39 Å². The van der Waals surface area contributed by atoms with Gasteiger partial charge < -0.3 is 0 Å². The summed E-state index contributed by atoms with van der Waals surface area (Å²) in [6, 6.07) is 0. The molecule has 1 saturated carbocycles. The zero-order chi connectivity index (χ0) is 11.4. The van der Waals surface area contributed by atoms with Crippen LogP contribution >= 0.6 is 0 Å². The molecular formula is C14H27F. The van der Waals surface area contributed by atoms with E-state index < -0.39 is 0 Å². The number of halogens is 1. The summed E-state index contributed by atoms with van der Waals surface area (Å²) in [5.74, 6) is 3.32. The van der Waals surface area contributed by atoms with Crippen LogP contribution in [-0.4, -0.2) is 6.67 Å². The molecule has 0 aliphatic heterocycles. The lowest BCUT2D eigenvalue weighted by molar-refractivity contribution is 0.153. The van der Waals surface area contributed by atoms with E-state index in [0.29, 0.717) is 5.92 Å². The van der Waals surface area contributed by atoms with E-state index >= 15 is 0 Å². The van der Waals surface area contributed by atoms with E-state index in [0.717, 1.165) is 17.8 Å². The van der Waals surface area contributed by atoms with E-state index in [-0.39, 0.29) is 12.6 Å². The van der Waals surface area contributed by atoms with Gasteiger partial charge in [-0.25, -0.2) is 0 Å². The van der Waals surface area contributed by atoms with E-state index in [9.17, 15) is 4.39 Å². The molecule has 1 rings (SSSR count). The van der Waals surface area contributed by atoms with Crippen molar-refractivity contribution in [3.8, 4) is 0 Å². The molecule has 5 unspecified atom stereocenters. The number of hydrogen-bond acceptors (Lipinski definition) is 0. The van der Waals surface area contributed by atoms with Gasteiger partial charge in [0.25, 0.3) is 0 Å². The average Bonchev–Trinajstić information content (AvgIpc) is 2.56. The molecule has 0 aromatic rings. The zero-order valence-electron chi connectivity index (χ0n) is 10.8. The summed E-state index contributed by atoms with van der Waals surface area (Å²) in [7, 11) is 0. The average molecular weight is 214 g/mol. The minimum atomic E-state index is -0.137. The van der Waals surface area contributed by atoms with Gasteiger partial charge in [0.1, 0.15) is 0 Å². The van der Waals surface area contributed by atoms with Crippen molar-refractivity contribution in [1.29, 1.82) is 0 Å². The molecule has 1 fully saturated rings. The second-order valence-corrected chi connectivity index (χ2v) is 5.66. The largest absolute Gasteiger partial charge is 0.251 e. The van der Waals surface area contributed by atoms with Crippen LogP contribution < -0.4 is 0 Å². The second-order valence-electron chi connectivity index (χ2n) is 5.66. The third-order valence-electron chi connectivity index (χ3n) is 4.67. The first-order valence-corrected chi connectivity index (χ1v) is 6.67. The van der Waals surface area contributed by atoms with Crippen LogP contribution in [0.1, 0.15) is 53.4 Å². The highest BCUT2D eigenvalue weighted by Gasteiger charge is 2.36. The Hall–Kier alpha value is -0.0700. The smallest absolute Gasteiger partial charge is 0.0922 e. The van der Waals surface area contributed by atoms with Crippen LogP contribution in [0.3, 0.4) is 0 Å². The molecule has 0 nitrogen and oxygen atoms in total. The van der Waals surface area contributed by atoms with E-state index in [2.05, 4.69) is 27.7 Å². The lowest BCUT2D eigenvalue weighted by atomic mass is 9.74. The molecule has 0 spiro atoms. The van der Waals surface area contributed by atoms with Gasteiger partial charge in [-0.2, -0.15) is 0 Å². The molecule has 0 aromatic carbocycles. The SMILES string of the molecule is CCCC(C(C)CF)C1CCC(C)C1C. The Morgan fingerprint density at radius 3 is 2.33 bits per heavy atom. The topological polar surface area (TPSA) is 0 Å². The third-order valence-corrected chi connectivity index (χ3v) is 4.67. The van der Waals surface area contributed by atoms with Crippen molar-refractivity contribution in [1.82, 2.24) is 0 Å². The summed E-state index contributed by atoms with van der Waals surface area (Å²) in [6.07, 6.45) is 5.10. The van der Waals surface area contributed by atoms with Crippen molar-refractivity contribution in [3.63, 3.8) is 0 Å². The Kier molecular flexibility index (Phi) is 5.08. The van der Waals surface area contributed by atoms with Gasteiger partial charge in [0.05, 0.1) is 6.67 Å². The Labute approximate surface area is 94.6 Å². The molecule has 1 aliphatic rings. The van der Waals surface area contributed by atoms with Gasteiger partial charge in [0.15, 0.2) is 0 Å². The first kappa shape index (κ1) is 13.0. The van der Waals surface area contributed by atoms with Crippen LogP contribution in [-0.2, 0) is 0 Å². The van der Waals surface area contributed by atoms with Crippen LogP contribution in [0.25, 0.3) is 0 Å². The maximum absolute atomic E-state index is 12.8. The standard InChI is InChI=1S/C14H27F/c1-5-6-13(11(3)9-15)14-8-7-10(2)12(14)4/h10-14H,5-9H2,1-4H3. The van der Waals surface area contributed by atoms with Crippen molar-refractivity contribution in [2.24, 2.45) is 29.6 Å². The van der Waals surface area contributed by atoms with Crippen LogP contribution in [0.15, 0.2) is 0 Å². The second kappa shape index (κ2) is 5.86. The highest BCUT2D eigenvalue weighted by molar-refractivity contribution is 4.86. The van der Waals surface area contributed by atoms with Gasteiger partial charge in [-0.05, 0) is 36.0 Å². The first-order chi connectivity index (χ1) is 7.11. The lowest BCUT2D eigenvalue weighted by Gasteiger charge is -2.31. The van der Waals surface area contributed by atoms with Gasteiger partial charge in [-0.15, -0.1) is 0 Å². The monoisotopic (exact) mass is 214 g/mol. The Bertz CT molecular complexity index is 178. The molecule has 0 amide bonds. The predicted octanol–water partition coefficient (Wildman–Crippen LogP) is 4.69. The van der Waals surface area contributed by atoms with Crippen LogP contribution in [0.4, 0.5) is 4.39 Å². The maximum Gasteiger partial charge on any atom is 0.0922 e.